The van der Waals surface area contributed by atoms with E-state index >= 15 is 0 Å². The number of ether oxygens (including phenoxy) is 1. The van der Waals surface area contributed by atoms with E-state index in [9.17, 15) is 9.90 Å². The van der Waals surface area contributed by atoms with Crippen molar-refractivity contribution in [1.29, 1.82) is 0 Å². The summed E-state index contributed by atoms with van der Waals surface area (Å²) in [6, 6.07) is 0. The van der Waals surface area contributed by atoms with Crippen molar-refractivity contribution >= 4 is 5.78 Å². The molecule has 1 aliphatic heterocycles. The Hall–Kier alpha value is -1.19. The number of aliphatic hydroxyl groups excluding tert-OH is 1. The lowest BCUT2D eigenvalue weighted by Gasteiger charge is -2.47. The second kappa shape index (κ2) is 6.40. The van der Waals surface area contributed by atoms with E-state index in [0.717, 1.165) is 12.8 Å². The minimum absolute atomic E-state index is 0.0198. The van der Waals surface area contributed by atoms with Crippen molar-refractivity contribution in [1.82, 2.24) is 0 Å². The highest BCUT2D eigenvalue weighted by Gasteiger charge is 2.65. The Morgan fingerprint density at radius 1 is 1.25 bits per heavy atom. The predicted octanol–water partition coefficient (Wildman–Crippen LogP) is 4.76. The number of carbonyl (C=O) groups excluding carboxylic acids is 1. The van der Waals surface area contributed by atoms with Crippen molar-refractivity contribution in [2.24, 2.45) is 29.1 Å². The molecule has 1 N–H and O–H groups in total. The molecule has 0 spiro atoms. The first-order valence-electron chi connectivity index (χ1n) is 11.3. The van der Waals surface area contributed by atoms with Gasteiger partial charge in [-0.3, -0.25) is 4.79 Å². The minimum Gasteiger partial charge on any atom is -0.393 e. The van der Waals surface area contributed by atoms with Crippen LogP contribution in [-0.4, -0.2) is 28.7 Å². The molecule has 0 aromatic rings. The van der Waals surface area contributed by atoms with Crippen LogP contribution >= 0.6 is 0 Å². The fraction of sp³-hybridized carbons (Fsp3) is 0.720. The Kier molecular flexibility index (Phi) is 4.30. The van der Waals surface area contributed by atoms with Crippen LogP contribution in [0.25, 0.3) is 0 Å². The molecule has 3 fully saturated rings. The average Bonchev–Trinajstić information content (AvgIpc) is 3.25. The van der Waals surface area contributed by atoms with E-state index in [-0.39, 0.29) is 34.9 Å². The van der Waals surface area contributed by atoms with E-state index < -0.39 is 0 Å². The van der Waals surface area contributed by atoms with Crippen molar-refractivity contribution in [3.05, 3.63) is 35.5 Å². The second-order valence-corrected chi connectivity index (χ2v) is 10.4. The lowest BCUT2D eigenvalue weighted by Crippen LogP contribution is -2.42. The quantitative estimate of drug-likeness (QED) is 0.553. The van der Waals surface area contributed by atoms with Gasteiger partial charge in [0.05, 0.1) is 11.7 Å². The third-order valence-electron chi connectivity index (χ3n) is 8.91. The van der Waals surface area contributed by atoms with Gasteiger partial charge in [-0.05, 0) is 82.1 Å². The lowest BCUT2D eigenvalue weighted by atomic mass is 9.57. The van der Waals surface area contributed by atoms with Gasteiger partial charge in [0.1, 0.15) is 6.10 Å². The van der Waals surface area contributed by atoms with Gasteiger partial charge in [0.2, 0.25) is 0 Å². The van der Waals surface area contributed by atoms with Crippen LogP contribution in [0.2, 0.25) is 0 Å². The van der Waals surface area contributed by atoms with Crippen molar-refractivity contribution in [3.63, 3.8) is 0 Å². The number of hydrogen-bond acceptors (Lipinski definition) is 3. The number of rotatable bonds is 2. The summed E-state index contributed by atoms with van der Waals surface area (Å²) >= 11 is 0. The molecular weight excluding hydrogens is 348 g/mol. The molecule has 1 saturated heterocycles. The molecule has 0 amide bonds. The lowest BCUT2D eigenvalue weighted by molar-refractivity contribution is -0.119. The van der Waals surface area contributed by atoms with Crippen molar-refractivity contribution in [2.45, 2.75) is 83.5 Å². The van der Waals surface area contributed by atoms with Crippen LogP contribution in [0.4, 0.5) is 0 Å². The van der Waals surface area contributed by atoms with E-state index in [0.29, 0.717) is 30.6 Å². The van der Waals surface area contributed by atoms with Gasteiger partial charge in [-0.1, -0.05) is 36.3 Å². The summed E-state index contributed by atoms with van der Waals surface area (Å²) < 4.78 is 6.21. The molecule has 0 radical (unpaired) electrons. The molecule has 0 aromatic carbocycles. The topological polar surface area (TPSA) is 49.8 Å². The molecule has 2 saturated carbocycles. The Labute approximate surface area is 168 Å². The predicted molar refractivity (Wildman–Crippen MR) is 110 cm³/mol. The molecule has 3 nitrogen and oxygen atoms in total. The summed E-state index contributed by atoms with van der Waals surface area (Å²) in [4.78, 5) is 13.1. The normalized spacial score (nSPS) is 50.4. The summed E-state index contributed by atoms with van der Waals surface area (Å²) in [5.74, 6) is 1.73. The fourth-order valence-corrected chi connectivity index (χ4v) is 7.41. The van der Waals surface area contributed by atoms with Crippen LogP contribution < -0.4 is 0 Å². The molecule has 4 aliphatic carbocycles. The van der Waals surface area contributed by atoms with E-state index in [4.69, 9.17) is 4.74 Å². The summed E-state index contributed by atoms with van der Waals surface area (Å²) in [7, 11) is 0. The zero-order chi connectivity index (χ0) is 19.7. The Balaban J connectivity index is 1.48. The first-order valence-corrected chi connectivity index (χ1v) is 11.3. The summed E-state index contributed by atoms with van der Waals surface area (Å²) in [5.41, 5.74) is 3.04. The van der Waals surface area contributed by atoms with Crippen LogP contribution in [0, 0.1) is 29.1 Å². The number of hydrogen-bond donors (Lipinski definition) is 1. The third kappa shape index (κ3) is 2.65. The van der Waals surface area contributed by atoms with E-state index in [1.165, 1.54) is 30.4 Å². The maximum Gasteiger partial charge on any atom is 0.159 e. The molecule has 2 bridgehead atoms. The van der Waals surface area contributed by atoms with Gasteiger partial charge >= 0.3 is 0 Å². The van der Waals surface area contributed by atoms with Gasteiger partial charge in [0, 0.05) is 11.8 Å². The standard InChI is InChI=1S/C25H34O3/c1-4-5-23-25(3,28-23)22-9-8-20-19-14-21(27)16-12-15(6-7-17(26)13-16)18(19)10-11-24(20,22)2/h4-6,14,16-18,20,22-23,26H,7-13H2,1-3H3/b5-4+/t16-,17-,18+,20-,22-,23+,24-,25+/m0/s1. The van der Waals surface area contributed by atoms with Crippen molar-refractivity contribution < 1.29 is 14.6 Å². The summed E-state index contributed by atoms with van der Waals surface area (Å²) in [6.45, 7) is 6.84. The first kappa shape index (κ1) is 18.8. The van der Waals surface area contributed by atoms with Crippen LogP contribution in [-0.2, 0) is 9.53 Å². The number of aliphatic hydroxyl groups is 1. The third-order valence-corrected chi connectivity index (χ3v) is 8.91. The number of ketones is 1. The highest BCUT2D eigenvalue weighted by Crippen LogP contribution is 2.66. The van der Waals surface area contributed by atoms with Gasteiger partial charge < -0.3 is 9.84 Å². The second-order valence-electron chi connectivity index (χ2n) is 10.4. The van der Waals surface area contributed by atoms with Gasteiger partial charge in [0.15, 0.2) is 5.78 Å². The number of carbonyl (C=O) groups is 1. The molecule has 152 valence electrons. The molecule has 0 aromatic heterocycles. The van der Waals surface area contributed by atoms with Gasteiger partial charge in [0.25, 0.3) is 0 Å². The van der Waals surface area contributed by atoms with Crippen LogP contribution in [0.1, 0.15) is 65.7 Å². The zero-order valence-electron chi connectivity index (χ0n) is 17.5. The maximum absolute atomic E-state index is 13.1. The highest BCUT2D eigenvalue weighted by molar-refractivity contribution is 5.93. The van der Waals surface area contributed by atoms with Gasteiger partial charge in [-0.2, -0.15) is 0 Å². The average molecular weight is 383 g/mol. The summed E-state index contributed by atoms with van der Waals surface area (Å²) in [6.07, 6.45) is 15.4. The molecule has 3 heteroatoms. The monoisotopic (exact) mass is 382 g/mol. The SMILES string of the molecule is C/C=C/[C@H]1O[C@]1(C)[C@H]1CC[C@H]2C3=CC(=O)[C@H]4CC(=CC[C@H](O)C4)[C@H]3CC[C@@]21C. The van der Waals surface area contributed by atoms with E-state index in [2.05, 4.69) is 39.0 Å². The van der Waals surface area contributed by atoms with Gasteiger partial charge in [-0.25, -0.2) is 0 Å². The van der Waals surface area contributed by atoms with Crippen LogP contribution in [0.5, 0.6) is 0 Å². The Morgan fingerprint density at radius 3 is 2.86 bits per heavy atom. The Morgan fingerprint density at radius 2 is 2.07 bits per heavy atom. The molecule has 0 unspecified atom stereocenters. The maximum atomic E-state index is 13.1. The smallest absolute Gasteiger partial charge is 0.159 e. The first-order chi connectivity index (χ1) is 13.4. The fourth-order valence-electron chi connectivity index (χ4n) is 7.41. The molecule has 1 heterocycles. The molecule has 5 aliphatic rings. The largest absolute Gasteiger partial charge is 0.393 e. The zero-order valence-corrected chi connectivity index (χ0v) is 17.5. The number of epoxide rings is 1. The minimum atomic E-state index is -0.360. The van der Waals surface area contributed by atoms with Crippen molar-refractivity contribution in [2.75, 3.05) is 0 Å². The molecule has 28 heavy (non-hydrogen) atoms. The number of allylic oxidation sites excluding steroid dienone is 4. The Bertz CT molecular complexity index is 777. The van der Waals surface area contributed by atoms with Crippen LogP contribution in [0.15, 0.2) is 35.5 Å². The van der Waals surface area contributed by atoms with E-state index in [1.807, 2.05) is 6.08 Å². The molecule has 8 atom stereocenters. The van der Waals surface area contributed by atoms with E-state index in [1.54, 1.807) is 0 Å². The summed E-state index contributed by atoms with van der Waals surface area (Å²) in [5, 5.41) is 10.2. The van der Waals surface area contributed by atoms with Crippen molar-refractivity contribution in [3.8, 4) is 0 Å². The highest BCUT2D eigenvalue weighted by atomic mass is 16.6. The molecular formula is C25H34O3. The number of fused-ring (bicyclic) bond motifs is 6. The molecule has 5 rings (SSSR count). The van der Waals surface area contributed by atoms with Gasteiger partial charge in [-0.15, -0.1) is 0 Å². The van der Waals surface area contributed by atoms with Crippen LogP contribution in [0.3, 0.4) is 0 Å².